The van der Waals surface area contributed by atoms with Crippen molar-refractivity contribution in [3.05, 3.63) is 36.5 Å². The fraction of sp³-hybridized carbons (Fsp3) is 0.833. The number of rotatable bonds is 42. The van der Waals surface area contributed by atoms with Crippen LogP contribution >= 0.6 is 0 Å². The van der Waals surface area contributed by atoms with Crippen molar-refractivity contribution < 1.29 is 24.5 Å². The number of nitrogens with one attached hydrogen (secondary N) is 1. The molecule has 0 aromatic carbocycles. The van der Waals surface area contributed by atoms with Crippen molar-refractivity contribution in [1.82, 2.24) is 5.32 Å². The normalized spacial score (nSPS) is 13.0. The topological polar surface area (TPSA) is 95.9 Å². The van der Waals surface area contributed by atoms with Crippen molar-refractivity contribution in [2.24, 2.45) is 0 Å². The van der Waals surface area contributed by atoms with Crippen LogP contribution in [0.2, 0.25) is 0 Å². The first-order valence-electron chi connectivity index (χ1n) is 23.3. The zero-order chi connectivity index (χ0) is 39.4. The number of carbonyl (C=O) groups excluding carboxylic acids is 2. The van der Waals surface area contributed by atoms with Crippen LogP contribution in [-0.4, -0.2) is 47.4 Å². The van der Waals surface area contributed by atoms with Crippen LogP contribution in [0.3, 0.4) is 0 Å². The molecule has 1 amide bonds. The molecule has 2 atom stereocenters. The minimum atomic E-state index is -0.852. The van der Waals surface area contributed by atoms with Gasteiger partial charge in [0.25, 0.3) is 0 Å². The number of esters is 1. The van der Waals surface area contributed by atoms with Gasteiger partial charge < -0.3 is 20.3 Å². The van der Waals surface area contributed by atoms with E-state index in [1.165, 1.54) is 135 Å². The lowest BCUT2D eigenvalue weighted by molar-refractivity contribution is -0.143. The van der Waals surface area contributed by atoms with E-state index < -0.39 is 12.1 Å². The molecule has 0 saturated heterocycles. The van der Waals surface area contributed by atoms with Gasteiger partial charge in [-0.1, -0.05) is 198 Å². The average molecular weight is 760 g/mol. The summed E-state index contributed by atoms with van der Waals surface area (Å²) >= 11 is 0. The Morgan fingerprint density at radius 1 is 0.519 bits per heavy atom. The van der Waals surface area contributed by atoms with Crippen molar-refractivity contribution in [2.75, 3.05) is 13.2 Å². The number of allylic oxidation sites excluding steroid dienone is 5. The molecule has 0 bridgehead atoms. The summed E-state index contributed by atoms with van der Waals surface area (Å²) in [6, 6.07) is -0.636. The molecule has 0 aliphatic carbocycles. The Hall–Kier alpha value is -1.92. The molecule has 0 heterocycles. The van der Waals surface area contributed by atoms with Gasteiger partial charge in [-0.15, -0.1) is 0 Å². The highest BCUT2D eigenvalue weighted by atomic mass is 16.5. The number of carbonyl (C=O) groups is 2. The zero-order valence-corrected chi connectivity index (χ0v) is 35.7. The van der Waals surface area contributed by atoms with Gasteiger partial charge in [0.05, 0.1) is 25.4 Å². The summed E-state index contributed by atoms with van der Waals surface area (Å²) in [7, 11) is 0. The maximum absolute atomic E-state index is 12.4. The van der Waals surface area contributed by atoms with Gasteiger partial charge in [-0.3, -0.25) is 9.59 Å². The highest BCUT2D eigenvalue weighted by Crippen LogP contribution is 2.15. The van der Waals surface area contributed by atoms with Gasteiger partial charge in [0, 0.05) is 12.8 Å². The summed E-state index contributed by atoms with van der Waals surface area (Å²) in [6.45, 7) is 4.77. The van der Waals surface area contributed by atoms with Gasteiger partial charge in [0.15, 0.2) is 0 Å². The molecule has 0 aliphatic rings. The lowest BCUT2D eigenvalue weighted by Crippen LogP contribution is -2.45. The molecule has 316 valence electrons. The molecule has 6 nitrogen and oxygen atoms in total. The zero-order valence-electron chi connectivity index (χ0n) is 35.7. The second-order valence-electron chi connectivity index (χ2n) is 15.7. The maximum atomic E-state index is 12.4. The van der Waals surface area contributed by atoms with E-state index in [1.54, 1.807) is 6.08 Å². The van der Waals surface area contributed by atoms with Crippen LogP contribution in [0.1, 0.15) is 232 Å². The molecule has 0 aromatic rings. The van der Waals surface area contributed by atoms with Crippen molar-refractivity contribution in [3.8, 4) is 0 Å². The number of aliphatic hydroxyl groups excluding tert-OH is 2. The quantitative estimate of drug-likeness (QED) is 0.0327. The fourth-order valence-electron chi connectivity index (χ4n) is 6.79. The minimum Gasteiger partial charge on any atom is -0.466 e. The summed E-state index contributed by atoms with van der Waals surface area (Å²) in [5, 5.41) is 22.9. The Labute approximate surface area is 334 Å². The van der Waals surface area contributed by atoms with E-state index in [0.29, 0.717) is 19.4 Å². The summed E-state index contributed by atoms with van der Waals surface area (Å²) in [5.74, 6) is -0.108. The first-order valence-corrected chi connectivity index (χ1v) is 23.3. The van der Waals surface area contributed by atoms with Crippen LogP contribution in [0.25, 0.3) is 0 Å². The fourth-order valence-corrected chi connectivity index (χ4v) is 6.79. The van der Waals surface area contributed by atoms with Crippen LogP contribution in [-0.2, 0) is 14.3 Å². The molecule has 0 rings (SSSR count). The number of unbranched alkanes of at least 4 members (excludes halogenated alkanes) is 27. The van der Waals surface area contributed by atoms with E-state index >= 15 is 0 Å². The van der Waals surface area contributed by atoms with E-state index in [0.717, 1.165) is 70.6 Å². The lowest BCUT2D eigenvalue weighted by Gasteiger charge is -2.20. The number of aliphatic hydroxyl groups is 2. The van der Waals surface area contributed by atoms with Gasteiger partial charge in [-0.05, 0) is 57.8 Å². The first-order chi connectivity index (χ1) is 26.5. The SMILES string of the molecule is CCC/C=C\C/C=C\CCCCCCCC(=O)OCCCCCCCCCCCCCCCC(=O)NC(CO)C(O)/C=C/CCCCCCCCCCC. The molecule has 0 fully saturated rings. The summed E-state index contributed by atoms with van der Waals surface area (Å²) in [5.41, 5.74) is 0. The molecule has 0 aliphatic heterocycles. The summed E-state index contributed by atoms with van der Waals surface area (Å²) in [6.07, 6.45) is 51.3. The minimum absolute atomic E-state index is 0.0234. The smallest absolute Gasteiger partial charge is 0.305 e. The van der Waals surface area contributed by atoms with E-state index in [-0.39, 0.29) is 18.5 Å². The van der Waals surface area contributed by atoms with Gasteiger partial charge >= 0.3 is 5.97 Å². The third-order valence-electron chi connectivity index (χ3n) is 10.4. The number of ether oxygens (including phenoxy) is 1. The molecular weight excluding hydrogens is 671 g/mol. The molecule has 0 aromatic heterocycles. The van der Waals surface area contributed by atoms with Crippen LogP contribution in [0.4, 0.5) is 0 Å². The van der Waals surface area contributed by atoms with E-state index in [1.807, 2.05) is 6.08 Å². The lowest BCUT2D eigenvalue weighted by atomic mass is 10.0. The van der Waals surface area contributed by atoms with E-state index in [9.17, 15) is 19.8 Å². The largest absolute Gasteiger partial charge is 0.466 e. The highest BCUT2D eigenvalue weighted by Gasteiger charge is 2.18. The van der Waals surface area contributed by atoms with Crippen molar-refractivity contribution in [1.29, 1.82) is 0 Å². The molecular formula is C48H89NO5. The van der Waals surface area contributed by atoms with Gasteiger partial charge in [-0.2, -0.15) is 0 Å². The second-order valence-corrected chi connectivity index (χ2v) is 15.7. The Kier molecular flexibility index (Phi) is 42.2. The first kappa shape index (κ1) is 52.1. The third kappa shape index (κ3) is 39.8. The average Bonchev–Trinajstić information content (AvgIpc) is 3.17. The van der Waals surface area contributed by atoms with Crippen LogP contribution in [0.5, 0.6) is 0 Å². The Morgan fingerprint density at radius 2 is 0.963 bits per heavy atom. The Bertz CT molecular complexity index is 884. The van der Waals surface area contributed by atoms with Gasteiger partial charge in [0.1, 0.15) is 0 Å². The summed E-state index contributed by atoms with van der Waals surface area (Å²) in [4.78, 5) is 24.3. The van der Waals surface area contributed by atoms with Crippen molar-refractivity contribution >= 4 is 11.9 Å². The third-order valence-corrected chi connectivity index (χ3v) is 10.4. The van der Waals surface area contributed by atoms with Crippen LogP contribution < -0.4 is 5.32 Å². The molecule has 0 spiro atoms. The summed E-state index contributed by atoms with van der Waals surface area (Å²) < 4.78 is 5.44. The predicted octanol–water partition coefficient (Wildman–Crippen LogP) is 13.3. The van der Waals surface area contributed by atoms with Crippen LogP contribution in [0.15, 0.2) is 36.5 Å². The Balaban J connectivity index is 3.49. The van der Waals surface area contributed by atoms with Gasteiger partial charge in [-0.25, -0.2) is 0 Å². The van der Waals surface area contributed by atoms with E-state index in [4.69, 9.17) is 4.74 Å². The molecule has 6 heteroatoms. The van der Waals surface area contributed by atoms with Gasteiger partial charge in [0.2, 0.25) is 5.91 Å². The van der Waals surface area contributed by atoms with E-state index in [2.05, 4.69) is 43.5 Å². The highest BCUT2D eigenvalue weighted by molar-refractivity contribution is 5.76. The maximum Gasteiger partial charge on any atom is 0.305 e. The molecule has 0 saturated carbocycles. The molecule has 0 radical (unpaired) electrons. The molecule has 3 N–H and O–H groups in total. The monoisotopic (exact) mass is 760 g/mol. The number of amides is 1. The molecule has 54 heavy (non-hydrogen) atoms. The number of hydrogen-bond acceptors (Lipinski definition) is 5. The van der Waals surface area contributed by atoms with Crippen LogP contribution in [0, 0.1) is 0 Å². The van der Waals surface area contributed by atoms with Crippen molar-refractivity contribution in [2.45, 2.75) is 244 Å². The number of hydrogen-bond donors (Lipinski definition) is 3. The standard InChI is InChI=1S/C48H89NO5/c1-3-5-7-9-11-13-15-17-22-26-30-34-38-42-48(53)54-43-39-35-31-27-23-19-16-18-21-25-29-33-37-41-47(52)49-45(44-50)46(51)40-36-32-28-24-20-14-12-10-8-6-4-2/h7,9,13,15,36,40,45-46,50-51H,3-6,8,10-12,14,16-35,37-39,41-44H2,1-2H3,(H,49,52)/b9-7-,15-13-,40-36+. The Morgan fingerprint density at radius 3 is 1.48 bits per heavy atom. The molecule has 2 unspecified atom stereocenters. The predicted molar refractivity (Wildman–Crippen MR) is 232 cm³/mol. The second kappa shape index (κ2) is 43.8. The van der Waals surface area contributed by atoms with Crippen molar-refractivity contribution in [3.63, 3.8) is 0 Å².